The van der Waals surface area contributed by atoms with Crippen LogP contribution in [0.4, 0.5) is 0 Å². The second kappa shape index (κ2) is 4.10. The van der Waals surface area contributed by atoms with Gasteiger partial charge in [0.2, 0.25) is 0 Å². The van der Waals surface area contributed by atoms with Crippen LogP contribution in [0.2, 0.25) is 0 Å². The summed E-state index contributed by atoms with van der Waals surface area (Å²) in [5.41, 5.74) is 0.843. The lowest BCUT2D eigenvalue weighted by atomic mass is 10.3. The van der Waals surface area contributed by atoms with E-state index in [0.29, 0.717) is 4.21 Å². The highest BCUT2D eigenvalue weighted by Gasteiger charge is 2.35. The lowest BCUT2D eigenvalue weighted by molar-refractivity contribution is 0.285. The number of rotatable bonds is 4. The maximum absolute atomic E-state index is 12.1. The molecule has 0 aliphatic heterocycles. The molecule has 1 aromatic rings. The number of aryl methyl sites for hydroxylation is 1. The molecule has 0 spiro atoms. The zero-order valence-corrected chi connectivity index (χ0v) is 10.9. The molecule has 6 heteroatoms. The van der Waals surface area contributed by atoms with Gasteiger partial charge in [-0.1, -0.05) is 0 Å². The van der Waals surface area contributed by atoms with Crippen molar-refractivity contribution in [1.82, 2.24) is 4.31 Å². The molecule has 0 saturated heterocycles. The van der Waals surface area contributed by atoms with E-state index in [0.717, 1.165) is 34.6 Å². The number of hydrogen-bond donors (Lipinski definition) is 1. The monoisotopic (exact) mass is 261 g/mol. The van der Waals surface area contributed by atoms with Gasteiger partial charge in [0, 0.05) is 18.0 Å². The molecular weight excluding hydrogens is 246 g/mol. The number of thiophene rings is 1. The van der Waals surface area contributed by atoms with Crippen molar-refractivity contribution in [2.24, 2.45) is 0 Å². The Labute approximate surface area is 99.6 Å². The number of sulfonamides is 1. The summed E-state index contributed by atoms with van der Waals surface area (Å²) >= 11 is 1.16. The first-order valence-electron chi connectivity index (χ1n) is 5.15. The highest BCUT2D eigenvalue weighted by atomic mass is 32.2. The van der Waals surface area contributed by atoms with Crippen LogP contribution in [0.15, 0.2) is 10.3 Å². The zero-order chi connectivity index (χ0) is 11.9. The lowest BCUT2D eigenvalue weighted by Crippen LogP contribution is -2.28. The van der Waals surface area contributed by atoms with E-state index in [2.05, 4.69) is 0 Å². The fourth-order valence-electron chi connectivity index (χ4n) is 1.55. The van der Waals surface area contributed by atoms with Crippen LogP contribution in [-0.4, -0.2) is 30.9 Å². The first kappa shape index (κ1) is 12.0. The van der Waals surface area contributed by atoms with Gasteiger partial charge >= 0.3 is 0 Å². The van der Waals surface area contributed by atoms with Gasteiger partial charge in [0.05, 0.1) is 6.61 Å². The van der Waals surface area contributed by atoms with Gasteiger partial charge in [-0.2, -0.15) is 4.31 Å². The number of hydrogen-bond acceptors (Lipinski definition) is 4. The number of aliphatic hydroxyl groups is 1. The Morgan fingerprint density at radius 3 is 2.62 bits per heavy atom. The lowest BCUT2D eigenvalue weighted by Gasteiger charge is -2.14. The fraction of sp³-hybridized carbons (Fsp3) is 0.600. The molecule has 0 unspecified atom stereocenters. The average Bonchev–Trinajstić information content (AvgIpc) is 3.00. The molecule has 0 bridgehead atoms. The van der Waals surface area contributed by atoms with E-state index in [9.17, 15) is 8.42 Å². The van der Waals surface area contributed by atoms with E-state index in [1.807, 2.05) is 6.92 Å². The van der Waals surface area contributed by atoms with E-state index >= 15 is 0 Å². The topological polar surface area (TPSA) is 57.6 Å². The molecule has 2 rings (SSSR count). The Morgan fingerprint density at radius 2 is 2.19 bits per heavy atom. The Morgan fingerprint density at radius 1 is 1.56 bits per heavy atom. The molecule has 1 aliphatic carbocycles. The Kier molecular flexibility index (Phi) is 3.09. The molecule has 0 radical (unpaired) electrons. The van der Waals surface area contributed by atoms with Gasteiger partial charge in [-0.3, -0.25) is 0 Å². The van der Waals surface area contributed by atoms with Crippen molar-refractivity contribution in [2.45, 2.75) is 36.6 Å². The summed E-state index contributed by atoms with van der Waals surface area (Å²) in [6, 6.07) is 1.81. The Hall–Kier alpha value is -0.430. The van der Waals surface area contributed by atoms with Crippen molar-refractivity contribution < 1.29 is 13.5 Å². The first-order chi connectivity index (χ1) is 7.46. The van der Waals surface area contributed by atoms with Crippen molar-refractivity contribution in [1.29, 1.82) is 0 Å². The van der Waals surface area contributed by atoms with Crippen LogP contribution in [0.5, 0.6) is 0 Å². The molecule has 0 amide bonds. The normalized spacial score (nSPS) is 17.0. The minimum Gasteiger partial charge on any atom is -0.391 e. The first-order valence-corrected chi connectivity index (χ1v) is 7.40. The maximum Gasteiger partial charge on any atom is 0.252 e. The summed E-state index contributed by atoms with van der Waals surface area (Å²) in [6.45, 7) is 1.72. The van der Waals surface area contributed by atoms with Crippen LogP contribution in [0.1, 0.15) is 23.3 Å². The third kappa shape index (κ3) is 2.02. The fourth-order valence-corrected chi connectivity index (χ4v) is 4.60. The van der Waals surface area contributed by atoms with Crippen molar-refractivity contribution in [3.8, 4) is 0 Å². The average molecular weight is 261 g/mol. The van der Waals surface area contributed by atoms with E-state index in [1.165, 1.54) is 4.31 Å². The molecular formula is C10H15NO3S2. The standard InChI is InChI=1S/C10H15NO3S2/c1-7-5-10(15-9(7)6-12)16(13,14)11(2)8-3-4-8/h5,8,12H,3-4,6H2,1-2H3. The van der Waals surface area contributed by atoms with E-state index in [4.69, 9.17) is 5.11 Å². The Bertz CT molecular complexity index is 488. The third-order valence-electron chi connectivity index (χ3n) is 2.84. The third-order valence-corrected chi connectivity index (χ3v) is 6.42. The van der Waals surface area contributed by atoms with Crippen molar-refractivity contribution in [3.05, 3.63) is 16.5 Å². The van der Waals surface area contributed by atoms with Gasteiger partial charge in [0.15, 0.2) is 0 Å². The van der Waals surface area contributed by atoms with Crippen LogP contribution in [0, 0.1) is 6.92 Å². The van der Waals surface area contributed by atoms with Gasteiger partial charge in [-0.25, -0.2) is 8.42 Å². The van der Waals surface area contributed by atoms with Gasteiger partial charge in [-0.05, 0) is 31.4 Å². The highest BCUT2D eigenvalue weighted by Crippen LogP contribution is 2.34. The molecule has 16 heavy (non-hydrogen) atoms. The highest BCUT2D eigenvalue weighted by molar-refractivity contribution is 7.91. The molecule has 1 heterocycles. The zero-order valence-electron chi connectivity index (χ0n) is 9.30. The molecule has 4 nitrogen and oxygen atoms in total. The van der Waals surface area contributed by atoms with Crippen LogP contribution in [0.3, 0.4) is 0 Å². The van der Waals surface area contributed by atoms with E-state index in [1.54, 1.807) is 13.1 Å². The van der Waals surface area contributed by atoms with Crippen LogP contribution < -0.4 is 0 Å². The van der Waals surface area contributed by atoms with Crippen molar-refractivity contribution in [3.63, 3.8) is 0 Å². The molecule has 1 N–H and O–H groups in total. The molecule has 0 atom stereocenters. The van der Waals surface area contributed by atoms with Crippen molar-refractivity contribution in [2.75, 3.05) is 7.05 Å². The molecule has 1 saturated carbocycles. The summed E-state index contributed by atoms with van der Waals surface area (Å²) in [6.07, 6.45) is 1.90. The summed E-state index contributed by atoms with van der Waals surface area (Å²) < 4.78 is 26.1. The minimum absolute atomic E-state index is 0.0981. The quantitative estimate of drug-likeness (QED) is 0.889. The second-order valence-electron chi connectivity index (χ2n) is 4.08. The molecule has 1 aromatic heterocycles. The van der Waals surface area contributed by atoms with Gasteiger partial charge < -0.3 is 5.11 Å². The SMILES string of the molecule is Cc1cc(S(=O)(=O)N(C)C2CC2)sc1CO. The van der Waals surface area contributed by atoms with Gasteiger partial charge in [0.1, 0.15) is 4.21 Å². The smallest absolute Gasteiger partial charge is 0.252 e. The molecule has 1 aliphatic rings. The van der Waals surface area contributed by atoms with Crippen LogP contribution >= 0.6 is 11.3 Å². The largest absolute Gasteiger partial charge is 0.391 e. The minimum atomic E-state index is -3.35. The summed E-state index contributed by atoms with van der Waals surface area (Å²) in [7, 11) is -1.72. The summed E-state index contributed by atoms with van der Waals surface area (Å²) in [5, 5.41) is 9.06. The van der Waals surface area contributed by atoms with E-state index < -0.39 is 10.0 Å². The summed E-state index contributed by atoms with van der Waals surface area (Å²) in [5.74, 6) is 0. The van der Waals surface area contributed by atoms with Crippen LogP contribution in [-0.2, 0) is 16.6 Å². The maximum atomic E-state index is 12.1. The van der Waals surface area contributed by atoms with Gasteiger partial charge in [0.25, 0.3) is 10.0 Å². The number of aliphatic hydroxyl groups excluding tert-OH is 1. The molecule has 0 aromatic carbocycles. The predicted octanol–water partition coefficient (Wildman–Crippen LogP) is 1.33. The number of nitrogens with zero attached hydrogens (tertiary/aromatic N) is 1. The molecule has 1 fully saturated rings. The van der Waals surface area contributed by atoms with E-state index in [-0.39, 0.29) is 12.6 Å². The van der Waals surface area contributed by atoms with Crippen molar-refractivity contribution >= 4 is 21.4 Å². The summed E-state index contributed by atoms with van der Waals surface area (Å²) in [4.78, 5) is 0.725. The second-order valence-corrected chi connectivity index (χ2v) is 7.44. The molecule has 90 valence electrons. The Balaban J connectivity index is 2.34. The van der Waals surface area contributed by atoms with Gasteiger partial charge in [-0.15, -0.1) is 11.3 Å². The predicted molar refractivity (Wildman–Crippen MR) is 62.9 cm³/mol. The van der Waals surface area contributed by atoms with Crippen LogP contribution in [0.25, 0.3) is 0 Å².